The van der Waals surface area contributed by atoms with Gasteiger partial charge >= 0.3 is 0 Å². The van der Waals surface area contributed by atoms with Crippen LogP contribution in [0.25, 0.3) is 0 Å². The molecule has 4 heteroatoms. The molecule has 0 aliphatic carbocycles. The molecule has 1 atom stereocenters. The minimum atomic E-state index is -0.0618. The van der Waals surface area contributed by atoms with Gasteiger partial charge in [0.15, 0.2) is 0 Å². The summed E-state index contributed by atoms with van der Waals surface area (Å²) >= 11 is 3.38. The molecular weight excluding hydrogens is 258 g/mol. The van der Waals surface area contributed by atoms with Crippen molar-refractivity contribution < 1.29 is 9.21 Å². The molecule has 0 fully saturated rings. The Morgan fingerprint density at radius 1 is 1.67 bits per heavy atom. The van der Waals surface area contributed by atoms with Crippen LogP contribution in [0.1, 0.15) is 29.5 Å². The Bertz CT molecular complexity index is 322. The highest BCUT2D eigenvalue weighted by atomic mass is 79.9. The summed E-state index contributed by atoms with van der Waals surface area (Å²) in [7, 11) is 0. The van der Waals surface area contributed by atoms with Gasteiger partial charge in [0, 0.05) is 11.9 Å². The van der Waals surface area contributed by atoms with Crippen LogP contribution in [-0.2, 0) is 0 Å². The zero-order valence-corrected chi connectivity index (χ0v) is 10.6. The van der Waals surface area contributed by atoms with E-state index in [9.17, 15) is 4.79 Å². The summed E-state index contributed by atoms with van der Waals surface area (Å²) in [5.74, 6) is 1.18. The van der Waals surface area contributed by atoms with Gasteiger partial charge in [0.1, 0.15) is 12.0 Å². The number of hydrogen-bond acceptors (Lipinski definition) is 2. The highest BCUT2D eigenvalue weighted by Gasteiger charge is 2.09. The Labute approximate surface area is 98.4 Å². The van der Waals surface area contributed by atoms with Gasteiger partial charge < -0.3 is 9.73 Å². The molecule has 0 aromatic carbocycles. The lowest BCUT2D eigenvalue weighted by Crippen LogP contribution is -2.28. The van der Waals surface area contributed by atoms with Crippen molar-refractivity contribution in [3.05, 3.63) is 23.7 Å². The normalized spacial score (nSPS) is 12.5. The standard InChI is InChI=1S/C11H16BrNO2/c1-8(3-4-12)6-13-11(14)10-5-9(2)15-7-10/h5,7-8H,3-4,6H2,1-2H3,(H,13,14). The number of aryl methyl sites for hydroxylation is 1. The lowest BCUT2D eigenvalue weighted by Gasteiger charge is -2.09. The fourth-order valence-corrected chi connectivity index (χ4v) is 2.00. The number of hydrogen-bond donors (Lipinski definition) is 1. The molecule has 1 rings (SSSR count). The Morgan fingerprint density at radius 3 is 2.93 bits per heavy atom. The van der Waals surface area contributed by atoms with E-state index in [0.717, 1.165) is 17.5 Å². The van der Waals surface area contributed by atoms with Crippen LogP contribution in [0.15, 0.2) is 16.7 Å². The van der Waals surface area contributed by atoms with Crippen LogP contribution in [-0.4, -0.2) is 17.8 Å². The lowest BCUT2D eigenvalue weighted by molar-refractivity contribution is 0.0947. The zero-order chi connectivity index (χ0) is 11.3. The molecule has 1 aromatic heterocycles. The maximum atomic E-state index is 11.6. The van der Waals surface area contributed by atoms with E-state index in [0.29, 0.717) is 18.0 Å². The first-order valence-electron chi connectivity index (χ1n) is 5.02. The minimum absolute atomic E-state index is 0.0618. The van der Waals surface area contributed by atoms with Crippen molar-refractivity contribution in [3.63, 3.8) is 0 Å². The highest BCUT2D eigenvalue weighted by molar-refractivity contribution is 9.09. The molecule has 1 unspecified atom stereocenters. The van der Waals surface area contributed by atoms with Gasteiger partial charge in [0.2, 0.25) is 0 Å². The zero-order valence-electron chi connectivity index (χ0n) is 9.05. The van der Waals surface area contributed by atoms with Crippen LogP contribution in [0.5, 0.6) is 0 Å². The summed E-state index contributed by atoms with van der Waals surface area (Å²) in [6, 6.07) is 1.74. The first-order chi connectivity index (χ1) is 7.13. The quantitative estimate of drug-likeness (QED) is 0.839. The molecule has 0 radical (unpaired) electrons. The van der Waals surface area contributed by atoms with Crippen LogP contribution in [0.3, 0.4) is 0 Å². The predicted molar refractivity (Wildman–Crippen MR) is 63.4 cm³/mol. The number of alkyl halides is 1. The maximum absolute atomic E-state index is 11.6. The molecule has 1 amide bonds. The van der Waals surface area contributed by atoms with Crippen LogP contribution < -0.4 is 5.32 Å². The topological polar surface area (TPSA) is 42.2 Å². The third-order valence-corrected chi connectivity index (χ3v) is 2.66. The van der Waals surface area contributed by atoms with Crippen LogP contribution in [0.4, 0.5) is 0 Å². The number of carbonyl (C=O) groups is 1. The lowest BCUT2D eigenvalue weighted by atomic mass is 10.1. The van der Waals surface area contributed by atoms with Crippen molar-refractivity contribution in [3.8, 4) is 0 Å². The molecule has 15 heavy (non-hydrogen) atoms. The van der Waals surface area contributed by atoms with Gasteiger partial charge in [-0.05, 0) is 25.3 Å². The van der Waals surface area contributed by atoms with Crippen molar-refractivity contribution in [2.75, 3.05) is 11.9 Å². The average molecular weight is 274 g/mol. The largest absolute Gasteiger partial charge is 0.469 e. The number of halogens is 1. The molecule has 1 heterocycles. The van der Waals surface area contributed by atoms with E-state index < -0.39 is 0 Å². The van der Waals surface area contributed by atoms with Crippen molar-refractivity contribution in [1.82, 2.24) is 5.32 Å². The summed E-state index contributed by atoms with van der Waals surface area (Å²) in [6.45, 7) is 4.64. The Hall–Kier alpha value is -0.770. The van der Waals surface area contributed by atoms with Crippen LogP contribution >= 0.6 is 15.9 Å². The molecular formula is C11H16BrNO2. The number of furan rings is 1. The molecule has 0 saturated heterocycles. The van der Waals surface area contributed by atoms with Gasteiger partial charge in [0.25, 0.3) is 5.91 Å². The number of rotatable bonds is 5. The predicted octanol–water partition coefficient (Wildman–Crippen LogP) is 2.74. The summed E-state index contributed by atoms with van der Waals surface area (Å²) in [5, 5.41) is 3.84. The Kier molecular flexibility index (Phi) is 4.88. The highest BCUT2D eigenvalue weighted by Crippen LogP contribution is 2.07. The van der Waals surface area contributed by atoms with Crippen molar-refractivity contribution >= 4 is 21.8 Å². The number of amides is 1. The first-order valence-corrected chi connectivity index (χ1v) is 6.15. The van der Waals surface area contributed by atoms with Crippen LogP contribution in [0.2, 0.25) is 0 Å². The second kappa shape index (κ2) is 5.95. The van der Waals surface area contributed by atoms with E-state index in [1.807, 2.05) is 6.92 Å². The van der Waals surface area contributed by atoms with Crippen molar-refractivity contribution in [1.29, 1.82) is 0 Å². The molecule has 1 aromatic rings. The Morgan fingerprint density at radius 2 is 2.40 bits per heavy atom. The molecule has 0 bridgehead atoms. The van der Waals surface area contributed by atoms with Gasteiger partial charge in [-0.25, -0.2) is 0 Å². The Balaban J connectivity index is 2.36. The molecule has 0 aliphatic heterocycles. The van der Waals surface area contributed by atoms with E-state index in [1.54, 1.807) is 6.07 Å². The number of nitrogens with one attached hydrogen (secondary N) is 1. The van der Waals surface area contributed by atoms with Gasteiger partial charge in [-0.15, -0.1) is 0 Å². The summed E-state index contributed by atoms with van der Waals surface area (Å²) < 4.78 is 5.07. The van der Waals surface area contributed by atoms with Gasteiger partial charge in [0.05, 0.1) is 5.56 Å². The van der Waals surface area contributed by atoms with Gasteiger partial charge in [-0.2, -0.15) is 0 Å². The van der Waals surface area contributed by atoms with E-state index in [2.05, 4.69) is 28.2 Å². The second-order valence-electron chi connectivity index (χ2n) is 3.74. The molecule has 84 valence electrons. The van der Waals surface area contributed by atoms with Gasteiger partial charge in [-0.3, -0.25) is 4.79 Å². The van der Waals surface area contributed by atoms with E-state index >= 15 is 0 Å². The third kappa shape index (κ3) is 4.08. The summed E-state index contributed by atoms with van der Waals surface area (Å²) in [4.78, 5) is 11.6. The second-order valence-corrected chi connectivity index (χ2v) is 4.53. The van der Waals surface area contributed by atoms with E-state index in [4.69, 9.17) is 4.42 Å². The number of carbonyl (C=O) groups excluding carboxylic acids is 1. The third-order valence-electron chi connectivity index (χ3n) is 2.21. The summed E-state index contributed by atoms with van der Waals surface area (Å²) in [6.07, 6.45) is 2.55. The minimum Gasteiger partial charge on any atom is -0.469 e. The average Bonchev–Trinajstić information content (AvgIpc) is 2.62. The fourth-order valence-electron chi connectivity index (χ4n) is 1.22. The molecule has 0 saturated carbocycles. The first kappa shape index (κ1) is 12.3. The molecule has 3 nitrogen and oxygen atoms in total. The fraction of sp³-hybridized carbons (Fsp3) is 0.545. The van der Waals surface area contributed by atoms with Gasteiger partial charge in [-0.1, -0.05) is 22.9 Å². The molecule has 1 N–H and O–H groups in total. The SMILES string of the molecule is Cc1cc(C(=O)NCC(C)CCBr)co1. The molecule has 0 spiro atoms. The monoisotopic (exact) mass is 273 g/mol. The summed E-state index contributed by atoms with van der Waals surface area (Å²) in [5.41, 5.74) is 0.596. The van der Waals surface area contributed by atoms with Crippen molar-refractivity contribution in [2.45, 2.75) is 20.3 Å². The smallest absolute Gasteiger partial charge is 0.254 e. The molecule has 0 aliphatic rings. The maximum Gasteiger partial charge on any atom is 0.254 e. The van der Waals surface area contributed by atoms with Crippen LogP contribution in [0, 0.1) is 12.8 Å². The van der Waals surface area contributed by atoms with E-state index in [1.165, 1.54) is 6.26 Å². The van der Waals surface area contributed by atoms with Crippen molar-refractivity contribution in [2.24, 2.45) is 5.92 Å². The van der Waals surface area contributed by atoms with E-state index in [-0.39, 0.29) is 5.91 Å².